The van der Waals surface area contributed by atoms with Crippen molar-refractivity contribution < 1.29 is 0 Å². The van der Waals surface area contributed by atoms with E-state index >= 15 is 0 Å². The van der Waals surface area contributed by atoms with Crippen molar-refractivity contribution in [3.05, 3.63) is 162 Å². The number of benzene rings is 7. The molecule has 12 rings (SSSR count). The SMILES string of the molecule is CC1(C)c2ccccc2/C2=C/CC/C(n3c4ccccc4c4cc5c6ccccc6n6c7c8ccccc8ccc7c(c43)c56)=N\c3cccc1c32. The van der Waals surface area contributed by atoms with E-state index in [1.54, 1.807) is 0 Å². The third-order valence-corrected chi connectivity index (χ3v) is 12.1. The zero-order chi connectivity index (χ0) is 33.6. The summed E-state index contributed by atoms with van der Waals surface area (Å²) in [6, 6.07) is 49.6. The zero-order valence-electron chi connectivity index (χ0n) is 28.5. The second kappa shape index (κ2) is 9.53. The molecule has 3 aromatic heterocycles. The van der Waals surface area contributed by atoms with Gasteiger partial charge in [-0.3, -0.25) is 4.57 Å². The van der Waals surface area contributed by atoms with Gasteiger partial charge in [0.05, 0.1) is 33.3 Å². The fourth-order valence-electron chi connectivity index (χ4n) is 9.92. The van der Waals surface area contributed by atoms with E-state index in [4.69, 9.17) is 4.99 Å². The first-order valence-electron chi connectivity index (χ1n) is 18.1. The molecular formula is C48H33N3. The quantitative estimate of drug-likeness (QED) is 0.156. The molecule has 10 aromatic rings. The van der Waals surface area contributed by atoms with E-state index in [1.165, 1.54) is 98.5 Å². The highest BCUT2D eigenvalue weighted by molar-refractivity contribution is 6.37. The summed E-state index contributed by atoms with van der Waals surface area (Å²) in [5.41, 5.74) is 13.9. The fourth-order valence-corrected chi connectivity index (χ4v) is 9.92. The van der Waals surface area contributed by atoms with Gasteiger partial charge < -0.3 is 4.40 Å². The molecule has 0 saturated heterocycles. The number of hydrogen-bond acceptors (Lipinski definition) is 1. The number of nitrogens with zero attached hydrogens (tertiary/aromatic N) is 3. The maximum atomic E-state index is 5.73. The van der Waals surface area contributed by atoms with E-state index in [9.17, 15) is 0 Å². The van der Waals surface area contributed by atoms with Crippen LogP contribution in [0.1, 0.15) is 48.9 Å². The minimum absolute atomic E-state index is 0.127. The summed E-state index contributed by atoms with van der Waals surface area (Å²) >= 11 is 0. The van der Waals surface area contributed by atoms with Crippen LogP contribution in [0.3, 0.4) is 0 Å². The minimum Gasteiger partial charge on any atom is -0.307 e. The molecule has 0 fully saturated rings. The first-order valence-corrected chi connectivity index (χ1v) is 18.1. The lowest BCUT2D eigenvalue weighted by Crippen LogP contribution is -2.27. The molecule has 0 spiro atoms. The van der Waals surface area contributed by atoms with Gasteiger partial charge in [-0.1, -0.05) is 129 Å². The molecule has 1 aliphatic heterocycles. The van der Waals surface area contributed by atoms with Gasteiger partial charge in [-0.05, 0) is 58.3 Å². The van der Waals surface area contributed by atoms with Gasteiger partial charge in [0, 0.05) is 55.1 Å². The van der Waals surface area contributed by atoms with Gasteiger partial charge in [0.25, 0.3) is 0 Å². The Balaban J connectivity index is 1.25. The Bertz CT molecular complexity index is 3220. The molecule has 0 N–H and O–H groups in total. The molecule has 51 heavy (non-hydrogen) atoms. The van der Waals surface area contributed by atoms with E-state index in [2.05, 4.69) is 162 Å². The predicted molar refractivity (Wildman–Crippen MR) is 215 cm³/mol. The molecule has 0 unspecified atom stereocenters. The van der Waals surface area contributed by atoms with Gasteiger partial charge in [0.1, 0.15) is 5.84 Å². The summed E-state index contributed by atoms with van der Waals surface area (Å²) < 4.78 is 5.06. The molecule has 0 amide bonds. The highest BCUT2D eigenvalue weighted by atomic mass is 15.1. The van der Waals surface area contributed by atoms with Crippen molar-refractivity contribution in [3.8, 4) is 0 Å². The van der Waals surface area contributed by atoms with Gasteiger partial charge >= 0.3 is 0 Å². The first kappa shape index (κ1) is 27.6. The molecule has 240 valence electrons. The van der Waals surface area contributed by atoms with E-state index in [0.717, 1.165) is 24.4 Å². The lowest BCUT2D eigenvalue weighted by atomic mass is 9.66. The normalized spacial score (nSPS) is 17.5. The number of allylic oxidation sites excluding steroid dienone is 1. The van der Waals surface area contributed by atoms with Gasteiger partial charge in [-0.2, -0.15) is 0 Å². The molecule has 0 atom stereocenters. The summed E-state index contributed by atoms with van der Waals surface area (Å²) in [7, 11) is 0. The maximum Gasteiger partial charge on any atom is 0.114 e. The average Bonchev–Trinajstić information content (AvgIpc) is 3.79. The van der Waals surface area contributed by atoms with Crippen LogP contribution >= 0.6 is 0 Å². The van der Waals surface area contributed by atoms with Crippen LogP contribution in [0.5, 0.6) is 0 Å². The Morgan fingerprint density at radius 1 is 0.569 bits per heavy atom. The Kier molecular flexibility index (Phi) is 5.16. The molecule has 2 aliphatic rings. The largest absolute Gasteiger partial charge is 0.307 e. The maximum absolute atomic E-state index is 5.73. The van der Waals surface area contributed by atoms with Gasteiger partial charge in [-0.25, -0.2) is 4.99 Å². The standard InChI is InChI=1S/C48H33N3/c1-48(2)37-19-8-5-15-30(37)33-18-11-24-42(49-39-21-12-20-38(48)43(33)39)50-40-22-9-6-16-31(40)35-27-36-32-17-7-10-23-41(32)51-45-29-14-4-3-13-28(29)25-26-34(45)44(46(35)50)47(36)51/h3-10,12-23,25-27H,11,24H2,1-2H3/b33-18-,49-42+. The van der Waals surface area contributed by atoms with Crippen molar-refractivity contribution in [2.45, 2.75) is 32.1 Å². The topological polar surface area (TPSA) is 21.7 Å². The first-order chi connectivity index (χ1) is 25.1. The molecule has 0 radical (unpaired) electrons. The molecular weight excluding hydrogens is 619 g/mol. The number of fused-ring (bicyclic) bond motifs is 14. The molecule has 7 aromatic carbocycles. The van der Waals surface area contributed by atoms with Crippen LogP contribution in [-0.2, 0) is 5.41 Å². The van der Waals surface area contributed by atoms with Crippen molar-refractivity contribution in [1.29, 1.82) is 0 Å². The fraction of sp³-hybridized carbons (Fsp3) is 0.104. The Labute approximate surface area is 294 Å². The average molecular weight is 652 g/mol. The Morgan fingerprint density at radius 3 is 2.16 bits per heavy atom. The highest BCUT2D eigenvalue weighted by Gasteiger charge is 2.36. The Hall–Kier alpha value is -6.19. The second-order valence-electron chi connectivity index (χ2n) is 15.0. The summed E-state index contributed by atoms with van der Waals surface area (Å²) in [4.78, 5) is 5.73. The summed E-state index contributed by atoms with van der Waals surface area (Å²) in [6.45, 7) is 4.73. The summed E-state index contributed by atoms with van der Waals surface area (Å²) in [6.07, 6.45) is 4.22. The molecule has 4 heterocycles. The second-order valence-corrected chi connectivity index (χ2v) is 15.0. The van der Waals surface area contributed by atoms with Gasteiger partial charge in [0.2, 0.25) is 0 Å². The van der Waals surface area contributed by atoms with Crippen LogP contribution in [0.2, 0.25) is 0 Å². The van der Waals surface area contributed by atoms with Crippen LogP contribution in [0.15, 0.2) is 145 Å². The van der Waals surface area contributed by atoms with E-state index < -0.39 is 0 Å². The number of rotatable bonds is 0. The van der Waals surface area contributed by atoms with Crippen molar-refractivity contribution >= 4 is 87.8 Å². The molecule has 3 nitrogen and oxygen atoms in total. The number of aromatic nitrogens is 2. The zero-order valence-corrected chi connectivity index (χ0v) is 28.5. The smallest absolute Gasteiger partial charge is 0.114 e. The van der Waals surface area contributed by atoms with Crippen LogP contribution < -0.4 is 0 Å². The molecule has 1 aliphatic carbocycles. The van der Waals surface area contributed by atoms with Gasteiger partial charge in [-0.15, -0.1) is 0 Å². The van der Waals surface area contributed by atoms with Gasteiger partial charge in [0.15, 0.2) is 0 Å². The molecule has 3 heteroatoms. The van der Waals surface area contributed by atoms with E-state index in [0.29, 0.717) is 0 Å². The summed E-state index contributed by atoms with van der Waals surface area (Å²) in [5, 5.41) is 10.3. The number of aliphatic imine (C=N–C) groups is 1. The van der Waals surface area contributed by atoms with Crippen LogP contribution in [0.25, 0.3) is 76.2 Å². The third kappa shape index (κ3) is 3.37. The van der Waals surface area contributed by atoms with Crippen LogP contribution in [0, 0.1) is 0 Å². The molecule has 0 bridgehead atoms. The number of para-hydroxylation sites is 2. The highest BCUT2D eigenvalue weighted by Crippen LogP contribution is 2.51. The summed E-state index contributed by atoms with van der Waals surface area (Å²) in [5.74, 6) is 1.09. The van der Waals surface area contributed by atoms with E-state index in [1.807, 2.05) is 0 Å². The van der Waals surface area contributed by atoms with Crippen LogP contribution in [0.4, 0.5) is 5.69 Å². The van der Waals surface area contributed by atoms with Crippen LogP contribution in [-0.4, -0.2) is 14.8 Å². The van der Waals surface area contributed by atoms with Crippen molar-refractivity contribution in [3.63, 3.8) is 0 Å². The van der Waals surface area contributed by atoms with E-state index in [-0.39, 0.29) is 5.41 Å². The lowest BCUT2D eigenvalue weighted by Gasteiger charge is -2.37. The minimum atomic E-state index is -0.127. The third-order valence-electron chi connectivity index (χ3n) is 12.1. The van der Waals surface area contributed by atoms with Crippen molar-refractivity contribution in [2.24, 2.45) is 4.99 Å². The predicted octanol–water partition coefficient (Wildman–Crippen LogP) is 12.5. The Morgan fingerprint density at radius 2 is 1.27 bits per heavy atom. The van der Waals surface area contributed by atoms with Crippen molar-refractivity contribution in [2.75, 3.05) is 0 Å². The monoisotopic (exact) mass is 651 g/mol. The number of hydrogen-bond donors (Lipinski definition) is 0. The lowest BCUT2D eigenvalue weighted by molar-refractivity contribution is 0.630. The van der Waals surface area contributed by atoms with Crippen molar-refractivity contribution in [1.82, 2.24) is 8.97 Å². The molecule has 0 saturated carbocycles.